The maximum absolute atomic E-state index is 5.43. The van der Waals surface area contributed by atoms with Crippen LogP contribution in [0.1, 0.15) is 24.7 Å². The molecule has 4 heteroatoms. The molecular formula is C17H17N3O. The summed E-state index contributed by atoms with van der Waals surface area (Å²) in [6.07, 6.45) is 0. The Morgan fingerprint density at radius 2 is 1.57 bits per heavy atom. The second-order valence-corrected chi connectivity index (χ2v) is 4.97. The molecule has 21 heavy (non-hydrogen) atoms. The molecule has 1 atom stereocenters. The highest BCUT2D eigenvalue weighted by molar-refractivity contribution is 5.65. The SMILES string of the molecule is Cc1nnc([C@H](C)Nc2ccc(-c3ccccc3)cc2)o1. The number of nitrogens with one attached hydrogen (secondary N) is 1. The molecule has 1 N–H and O–H groups in total. The van der Waals surface area contributed by atoms with Gasteiger partial charge in [0, 0.05) is 12.6 Å². The lowest BCUT2D eigenvalue weighted by Gasteiger charge is -2.12. The Bertz CT molecular complexity index is 704. The topological polar surface area (TPSA) is 51.0 Å². The van der Waals surface area contributed by atoms with E-state index in [1.165, 1.54) is 11.1 Å². The maximum atomic E-state index is 5.43. The first kappa shape index (κ1) is 13.4. The van der Waals surface area contributed by atoms with Crippen molar-refractivity contribution in [2.45, 2.75) is 19.9 Å². The van der Waals surface area contributed by atoms with Gasteiger partial charge in [0.2, 0.25) is 11.8 Å². The van der Waals surface area contributed by atoms with Gasteiger partial charge in [0.05, 0.1) is 0 Å². The van der Waals surface area contributed by atoms with Crippen LogP contribution in [0, 0.1) is 6.92 Å². The van der Waals surface area contributed by atoms with Crippen LogP contribution in [-0.2, 0) is 0 Å². The Labute approximate surface area is 123 Å². The third-order valence-corrected chi connectivity index (χ3v) is 3.29. The minimum absolute atomic E-state index is 0.0197. The number of rotatable bonds is 4. The van der Waals surface area contributed by atoms with Crippen molar-refractivity contribution in [3.8, 4) is 11.1 Å². The van der Waals surface area contributed by atoms with Crippen LogP contribution in [0.25, 0.3) is 11.1 Å². The molecular weight excluding hydrogens is 262 g/mol. The summed E-state index contributed by atoms with van der Waals surface area (Å²) in [6, 6.07) is 18.6. The van der Waals surface area contributed by atoms with Gasteiger partial charge in [-0.3, -0.25) is 0 Å². The first-order chi connectivity index (χ1) is 10.2. The summed E-state index contributed by atoms with van der Waals surface area (Å²) >= 11 is 0. The number of aromatic nitrogens is 2. The van der Waals surface area contributed by atoms with Gasteiger partial charge in [0.15, 0.2) is 0 Å². The zero-order valence-corrected chi connectivity index (χ0v) is 12.1. The molecule has 1 aromatic heterocycles. The minimum atomic E-state index is -0.0197. The van der Waals surface area contributed by atoms with Crippen LogP contribution in [0.4, 0.5) is 5.69 Å². The van der Waals surface area contributed by atoms with E-state index >= 15 is 0 Å². The van der Waals surface area contributed by atoms with Gasteiger partial charge < -0.3 is 9.73 Å². The van der Waals surface area contributed by atoms with E-state index in [1.807, 2.05) is 25.1 Å². The lowest BCUT2D eigenvalue weighted by molar-refractivity contribution is 0.451. The highest BCUT2D eigenvalue weighted by Gasteiger charge is 2.12. The Balaban J connectivity index is 1.73. The van der Waals surface area contributed by atoms with E-state index in [4.69, 9.17) is 4.42 Å². The van der Waals surface area contributed by atoms with Gasteiger partial charge in [0.1, 0.15) is 6.04 Å². The molecule has 1 heterocycles. The Kier molecular flexibility index (Phi) is 3.69. The molecule has 4 nitrogen and oxygen atoms in total. The summed E-state index contributed by atoms with van der Waals surface area (Å²) in [5.74, 6) is 1.18. The molecule has 0 spiro atoms. The molecule has 0 aliphatic heterocycles. The van der Waals surface area contributed by atoms with Crippen molar-refractivity contribution in [2.75, 3.05) is 5.32 Å². The monoisotopic (exact) mass is 279 g/mol. The molecule has 106 valence electrons. The van der Waals surface area contributed by atoms with Gasteiger partial charge in [-0.2, -0.15) is 0 Å². The van der Waals surface area contributed by atoms with Crippen molar-refractivity contribution in [1.82, 2.24) is 10.2 Å². The van der Waals surface area contributed by atoms with Crippen molar-refractivity contribution < 1.29 is 4.42 Å². The summed E-state index contributed by atoms with van der Waals surface area (Å²) in [5, 5.41) is 11.2. The normalized spacial score (nSPS) is 12.1. The van der Waals surface area contributed by atoms with Crippen LogP contribution >= 0.6 is 0 Å². The molecule has 0 bridgehead atoms. The third kappa shape index (κ3) is 3.11. The van der Waals surface area contributed by atoms with Crippen LogP contribution in [0.15, 0.2) is 59.0 Å². The zero-order chi connectivity index (χ0) is 14.7. The predicted molar refractivity (Wildman–Crippen MR) is 83.0 cm³/mol. The summed E-state index contributed by atoms with van der Waals surface area (Å²) < 4.78 is 5.43. The molecule has 0 fully saturated rings. The highest BCUT2D eigenvalue weighted by Crippen LogP contribution is 2.23. The number of anilines is 1. The first-order valence-corrected chi connectivity index (χ1v) is 6.94. The van der Waals surface area contributed by atoms with Crippen LogP contribution in [0.2, 0.25) is 0 Å². The molecule has 0 aliphatic rings. The molecule has 2 aromatic carbocycles. The molecule has 0 saturated heterocycles. The Morgan fingerprint density at radius 1 is 0.905 bits per heavy atom. The summed E-state index contributed by atoms with van der Waals surface area (Å²) in [5.41, 5.74) is 3.44. The molecule has 3 aromatic rings. The van der Waals surface area contributed by atoms with E-state index in [-0.39, 0.29) is 6.04 Å². The maximum Gasteiger partial charge on any atom is 0.238 e. The van der Waals surface area contributed by atoms with Gasteiger partial charge in [-0.1, -0.05) is 42.5 Å². The summed E-state index contributed by atoms with van der Waals surface area (Å²) in [4.78, 5) is 0. The van der Waals surface area contributed by atoms with Crippen molar-refractivity contribution in [3.63, 3.8) is 0 Å². The van der Waals surface area contributed by atoms with Crippen LogP contribution < -0.4 is 5.32 Å². The second kappa shape index (κ2) is 5.79. The first-order valence-electron chi connectivity index (χ1n) is 6.94. The van der Waals surface area contributed by atoms with Crippen LogP contribution in [-0.4, -0.2) is 10.2 Å². The van der Waals surface area contributed by atoms with Crippen molar-refractivity contribution >= 4 is 5.69 Å². The standard InChI is InChI=1S/C17H17N3O/c1-12(17-20-19-13(2)21-17)18-16-10-8-15(9-11-16)14-6-4-3-5-7-14/h3-12,18H,1-2H3/t12-/m0/s1. The number of nitrogens with zero attached hydrogens (tertiary/aromatic N) is 2. The van der Waals surface area contributed by atoms with E-state index in [9.17, 15) is 0 Å². The molecule has 0 saturated carbocycles. The van der Waals surface area contributed by atoms with E-state index in [2.05, 4.69) is 51.9 Å². The molecule has 0 amide bonds. The Hall–Kier alpha value is -2.62. The highest BCUT2D eigenvalue weighted by atomic mass is 16.4. The molecule has 0 aliphatic carbocycles. The van der Waals surface area contributed by atoms with Crippen molar-refractivity contribution in [1.29, 1.82) is 0 Å². The molecule has 3 rings (SSSR count). The number of benzene rings is 2. The van der Waals surface area contributed by atoms with Crippen molar-refractivity contribution in [3.05, 3.63) is 66.4 Å². The largest absolute Gasteiger partial charge is 0.423 e. The number of hydrogen-bond donors (Lipinski definition) is 1. The summed E-state index contributed by atoms with van der Waals surface area (Å²) in [6.45, 7) is 3.79. The van der Waals surface area contributed by atoms with E-state index in [0.717, 1.165) is 5.69 Å². The fourth-order valence-corrected chi connectivity index (χ4v) is 2.19. The average Bonchev–Trinajstić information content (AvgIpc) is 2.96. The van der Waals surface area contributed by atoms with Crippen molar-refractivity contribution in [2.24, 2.45) is 0 Å². The fraction of sp³-hybridized carbons (Fsp3) is 0.176. The van der Waals surface area contributed by atoms with Gasteiger partial charge in [-0.25, -0.2) is 0 Å². The number of aryl methyl sites for hydroxylation is 1. The van der Waals surface area contributed by atoms with Crippen LogP contribution in [0.5, 0.6) is 0 Å². The van der Waals surface area contributed by atoms with Gasteiger partial charge in [-0.15, -0.1) is 10.2 Å². The minimum Gasteiger partial charge on any atom is -0.423 e. The zero-order valence-electron chi connectivity index (χ0n) is 12.1. The molecule has 0 radical (unpaired) electrons. The van der Waals surface area contributed by atoms with Gasteiger partial charge in [0.25, 0.3) is 0 Å². The second-order valence-electron chi connectivity index (χ2n) is 4.97. The Morgan fingerprint density at radius 3 is 2.19 bits per heavy atom. The number of hydrogen-bond acceptors (Lipinski definition) is 4. The van der Waals surface area contributed by atoms with Gasteiger partial charge >= 0.3 is 0 Å². The predicted octanol–water partition coefficient (Wildman–Crippen LogP) is 4.22. The quantitative estimate of drug-likeness (QED) is 0.777. The average molecular weight is 279 g/mol. The smallest absolute Gasteiger partial charge is 0.238 e. The lowest BCUT2D eigenvalue weighted by Crippen LogP contribution is -2.06. The third-order valence-electron chi connectivity index (χ3n) is 3.29. The van der Waals surface area contributed by atoms with E-state index in [1.54, 1.807) is 6.92 Å². The van der Waals surface area contributed by atoms with Crippen LogP contribution in [0.3, 0.4) is 0 Å². The van der Waals surface area contributed by atoms with E-state index in [0.29, 0.717) is 11.8 Å². The lowest BCUT2D eigenvalue weighted by atomic mass is 10.1. The van der Waals surface area contributed by atoms with Gasteiger partial charge in [-0.05, 0) is 30.2 Å². The fourth-order valence-electron chi connectivity index (χ4n) is 2.19. The summed E-state index contributed by atoms with van der Waals surface area (Å²) in [7, 11) is 0. The molecule has 0 unspecified atom stereocenters. The van der Waals surface area contributed by atoms with E-state index < -0.39 is 0 Å².